The number of aliphatic hydroxyl groups excluding tert-OH is 1. The van der Waals surface area contributed by atoms with Crippen LogP contribution in [0.1, 0.15) is 110 Å². The maximum absolute atomic E-state index is 13.9. The van der Waals surface area contributed by atoms with E-state index in [0.717, 1.165) is 90.1 Å². The van der Waals surface area contributed by atoms with Crippen LogP contribution < -0.4 is 49.7 Å². The van der Waals surface area contributed by atoms with E-state index in [4.69, 9.17) is 56.0 Å². The first-order valence-corrected chi connectivity index (χ1v) is 43.8. The summed E-state index contributed by atoms with van der Waals surface area (Å²) in [4.78, 5) is 41.8. The van der Waals surface area contributed by atoms with Gasteiger partial charge in [-0.2, -0.15) is 0 Å². The average Bonchev–Trinajstić information content (AvgIpc) is 1.60. The Morgan fingerprint density at radius 1 is 0.398 bits per heavy atom. The van der Waals surface area contributed by atoms with Crippen molar-refractivity contribution < 1.29 is 64.8 Å². The normalized spacial score (nSPS) is 14.9. The maximum Gasteiger partial charge on any atom is 0.495 e. The minimum Gasteiger partial charge on any atom is -0.405 e. The fourth-order valence-electron chi connectivity index (χ4n) is 11.0. The standard InChI is InChI=1S/C16H26BFN2O2.C15H18FN5O2.C15H20FN5.C12H24B2O4.C10H14BrFN2.C6H3Br2F.C6H15N.C5H4BrN3O2.CH4O.CH4/c1-15(2)16(3,4)22-17(21-15)12-9-13(18)11-14(10-12)19-7-8-20(5)6;1-20(2)4-3-19-12-6-10(5-11(16)7-12)13-8-18-9-14(15(13)17)21(22)23;1-21(2)4-3-20-12-6-10(5-11(16)7-12)13-8-19-9-14(17)15(13)18;1-9(2)10(3,4)16-13(15-9)14-17-11(5,6)12(7,8)18-14;1-14(2)4-3-13-10-6-8(11)5-9(12)7-10;7-4-1-5(8)3-6(9)2-4;1-4-5-6-7(2)3;6-3-1-8-2-4(5(3)7)9(10)11;1-2;/h9-11,19H,7-8H2,1-6H3;5-9,19H,3-4H2,1-2H3,(H2,17,18);5-9,20H,3-4,17H2,1-2H3,(H2,18,19);1-8H3;5-7,13H,3-4H2,1-2H3;1-3H;4-6H2,1-3H3;1-2H,(H2,7,8);2H,1H3;1H4. The van der Waals surface area contributed by atoms with Crippen molar-refractivity contribution in [3.05, 3.63) is 195 Å². The summed E-state index contributed by atoms with van der Waals surface area (Å²) in [5.74, 6) is -1.55. The van der Waals surface area contributed by atoms with Crippen molar-refractivity contribution in [1.29, 1.82) is 0 Å². The number of aliphatic hydroxyl groups is 1. The molecule has 13 N–H and O–H groups in total. The van der Waals surface area contributed by atoms with Gasteiger partial charge < -0.3 is 102 Å². The maximum atomic E-state index is 13.9. The van der Waals surface area contributed by atoms with E-state index in [1.54, 1.807) is 18.3 Å². The Balaban J connectivity index is 0.000000505. The minimum absolute atomic E-state index is 0. The van der Waals surface area contributed by atoms with Gasteiger partial charge in [0.05, 0.1) is 65.5 Å². The van der Waals surface area contributed by atoms with Gasteiger partial charge in [-0.05, 0) is 290 Å². The topological polar surface area (TPSA) is 369 Å². The molecule has 3 aliphatic heterocycles. The Kier molecular flexibility index (Phi) is 49.1. The zero-order chi connectivity index (χ0) is 96.4. The fraction of sp³-hybridized carbons (Fsp3) is 0.483. The molecule has 128 heavy (non-hydrogen) atoms. The molecule has 0 atom stereocenters. The summed E-state index contributed by atoms with van der Waals surface area (Å²) in [6.07, 6.45) is 10.7. The summed E-state index contributed by atoms with van der Waals surface area (Å²) < 4.78 is 105. The number of nitrogens with zero attached hydrogens (tertiary/aromatic N) is 10. The van der Waals surface area contributed by atoms with Gasteiger partial charge in [0.25, 0.3) is 0 Å². The SMILES string of the molecule is C.CC1(C)OB(B2OC(C)(C)C(C)(C)O2)OC1(C)C.CCCCN(C)C.CN(C)CCNc1cc(F)cc(-c2cncc(N)c2N)c1.CN(C)CCNc1cc(F)cc(-c2cncc([N+](=O)[O-])c2N)c1.CN(C)CCNc1cc(F)cc(B2OC(C)(C)C(C)(C)O2)c1.CN(C)CCNc1cc(F)cc(Br)c1.CO.Fc1cc(Br)cc(Br)c1.Nc1c(Br)cncc1[N+](=O)[O-]. The van der Waals surface area contributed by atoms with Crippen LogP contribution in [0.2, 0.25) is 0 Å². The van der Waals surface area contributed by atoms with Crippen LogP contribution in [0, 0.1) is 49.3 Å². The third-order valence-corrected chi connectivity index (χ3v) is 22.1. The van der Waals surface area contributed by atoms with Gasteiger partial charge in [0.1, 0.15) is 52.9 Å². The lowest BCUT2D eigenvalue weighted by molar-refractivity contribution is -0.384. The molecule has 11 rings (SSSR count). The van der Waals surface area contributed by atoms with Gasteiger partial charge in [-0.1, -0.05) is 68.6 Å². The van der Waals surface area contributed by atoms with Gasteiger partial charge in [-0.25, -0.2) is 22.0 Å². The highest BCUT2D eigenvalue weighted by Gasteiger charge is 2.64. The lowest BCUT2D eigenvalue weighted by atomic mass is 9.49. The number of likely N-dealkylation sites (N-methyl/N-ethyl adjacent to an activating group) is 4. The largest absolute Gasteiger partial charge is 0.495 e. The number of nitro groups is 2. The third kappa shape index (κ3) is 39.2. The molecule has 3 aromatic heterocycles. The summed E-state index contributed by atoms with van der Waals surface area (Å²) in [6, 6.07) is 23.3. The van der Waals surface area contributed by atoms with Crippen LogP contribution in [0.25, 0.3) is 22.3 Å². The van der Waals surface area contributed by atoms with Crippen molar-refractivity contribution in [2.24, 2.45) is 0 Å². The summed E-state index contributed by atoms with van der Waals surface area (Å²) >= 11 is 12.6. The molecule has 5 aromatic carbocycles. The Bertz CT molecular complexity index is 4620. The van der Waals surface area contributed by atoms with E-state index < -0.39 is 48.0 Å². The van der Waals surface area contributed by atoms with Crippen LogP contribution in [-0.4, -0.2) is 246 Å². The predicted molar refractivity (Wildman–Crippen MR) is 529 cm³/mol. The van der Waals surface area contributed by atoms with Crippen LogP contribution in [0.5, 0.6) is 0 Å². The fourth-order valence-corrected chi connectivity index (χ4v) is 13.0. The number of nitrogens with two attached hydrogens (primary N) is 4. The number of nitrogen functional groups attached to an aromatic ring is 4. The van der Waals surface area contributed by atoms with Crippen LogP contribution in [0.4, 0.5) is 78.8 Å². The molecule has 3 fully saturated rings. The van der Waals surface area contributed by atoms with E-state index in [1.807, 2.05) is 167 Å². The number of aromatic nitrogens is 3. The van der Waals surface area contributed by atoms with Crippen molar-refractivity contribution in [2.75, 3.05) is 181 Å². The lowest BCUT2D eigenvalue weighted by Gasteiger charge is -2.32. The molecule has 6 heterocycles. The van der Waals surface area contributed by atoms with Gasteiger partial charge in [0, 0.05) is 125 Å². The molecule has 0 radical (unpaired) electrons. The summed E-state index contributed by atoms with van der Waals surface area (Å²) in [5.41, 5.74) is 26.5. The highest BCUT2D eigenvalue weighted by molar-refractivity contribution is 9.11. The monoisotopic (exact) mass is 2050 g/mol. The number of halogens is 9. The molecule has 0 unspecified atom stereocenters. The van der Waals surface area contributed by atoms with Gasteiger partial charge in [-0.15, -0.1) is 0 Å². The number of rotatable bonds is 25. The number of pyridine rings is 3. The molecule has 0 amide bonds. The van der Waals surface area contributed by atoms with Crippen LogP contribution >= 0.6 is 63.7 Å². The second-order valence-corrected chi connectivity index (χ2v) is 37.4. The molecule has 708 valence electrons. The minimum atomic E-state index is -0.610. The van der Waals surface area contributed by atoms with E-state index in [2.05, 4.69) is 136 Å². The van der Waals surface area contributed by atoms with Gasteiger partial charge in [0.2, 0.25) is 0 Å². The van der Waals surface area contributed by atoms with Crippen LogP contribution in [0.3, 0.4) is 0 Å². The summed E-state index contributed by atoms with van der Waals surface area (Å²) in [7, 11) is 19.6. The molecule has 3 saturated heterocycles. The summed E-state index contributed by atoms with van der Waals surface area (Å²) in [6.45, 7) is 34.0. The number of unbranched alkanes of at least 4 members (excludes halogenated alkanes) is 1. The Morgan fingerprint density at radius 2 is 0.695 bits per heavy atom. The number of hydrogen-bond acceptors (Lipinski definition) is 27. The third-order valence-electron chi connectivity index (χ3n) is 20.1. The van der Waals surface area contributed by atoms with Crippen molar-refractivity contribution in [3.63, 3.8) is 0 Å². The molecule has 0 bridgehead atoms. The molecule has 41 heteroatoms. The van der Waals surface area contributed by atoms with Gasteiger partial charge >= 0.3 is 32.5 Å². The quantitative estimate of drug-likeness (QED) is 0.0111. The van der Waals surface area contributed by atoms with E-state index in [9.17, 15) is 42.2 Å². The van der Waals surface area contributed by atoms with E-state index in [-0.39, 0.29) is 75.8 Å². The van der Waals surface area contributed by atoms with E-state index in [0.29, 0.717) is 61.5 Å². The van der Waals surface area contributed by atoms with E-state index >= 15 is 0 Å². The molecule has 0 saturated carbocycles. The first-order chi connectivity index (χ1) is 59.0. The number of anilines is 8. The second-order valence-electron chi connectivity index (χ2n) is 33.8. The Hall–Kier alpha value is -7.97. The molecule has 0 aliphatic carbocycles. The van der Waals surface area contributed by atoms with Crippen molar-refractivity contribution >= 4 is 147 Å². The Labute approximate surface area is 788 Å². The molecular weight excluding hydrogens is 1920 g/mol. The highest BCUT2D eigenvalue weighted by Crippen LogP contribution is 2.44. The van der Waals surface area contributed by atoms with E-state index in [1.165, 1.54) is 98.6 Å². The highest BCUT2D eigenvalue weighted by atomic mass is 79.9. The molecule has 29 nitrogen and oxygen atoms in total. The molecular formula is C87H132B3Br4F5N18O11. The zero-order valence-electron chi connectivity index (χ0n) is 77.3. The lowest BCUT2D eigenvalue weighted by Crippen LogP contribution is -2.41. The Morgan fingerprint density at radius 3 is 1.02 bits per heavy atom. The van der Waals surface area contributed by atoms with Crippen LogP contribution in [0.15, 0.2) is 146 Å². The number of nitrogens with one attached hydrogen (secondary N) is 4. The average molecular weight is 2050 g/mol. The molecule has 8 aromatic rings. The first kappa shape index (κ1) is 116. The zero-order valence-corrected chi connectivity index (χ0v) is 83.7. The van der Waals surface area contributed by atoms with Crippen molar-refractivity contribution in [2.45, 2.75) is 144 Å². The van der Waals surface area contributed by atoms with Crippen molar-refractivity contribution in [3.8, 4) is 22.3 Å². The van der Waals surface area contributed by atoms with Crippen LogP contribution in [-0.2, 0) is 27.9 Å². The summed E-state index contributed by atoms with van der Waals surface area (Å²) in [5, 5.41) is 40.8. The number of benzene rings is 5. The predicted octanol–water partition coefficient (Wildman–Crippen LogP) is 17.6. The number of hydrogen-bond donors (Lipinski definition) is 9. The molecule has 3 aliphatic rings. The van der Waals surface area contributed by atoms with Gasteiger partial charge in [0.15, 0.2) is 0 Å². The second kappa shape index (κ2) is 54.1. The van der Waals surface area contributed by atoms with Crippen molar-refractivity contribution in [1.82, 2.24) is 39.5 Å². The smallest absolute Gasteiger partial charge is 0.405 e. The van der Waals surface area contributed by atoms with Gasteiger partial charge in [-0.3, -0.25) is 35.2 Å². The first-order valence-electron chi connectivity index (χ1n) is 40.6. The molecule has 0 spiro atoms.